The van der Waals surface area contributed by atoms with Gasteiger partial charge in [0, 0.05) is 6.20 Å². The average Bonchev–Trinajstić information content (AvgIpc) is 2.90. The number of nitrogens with zero attached hydrogens (tertiary/aromatic N) is 4. The van der Waals surface area contributed by atoms with Crippen LogP contribution in [0.1, 0.15) is 16.1 Å². The predicted molar refractivity (Wildman–Crippen MR) is 88.9 cm³/mol. The highest BCUT2D eigenvalue weighted by atomic mass is 32.2. The van der Waals surface area contributed by atoms with Crippen LogP contribution in [0, 0.1) is 6.92 Å². The van der Waals surface area contributed by atoms with Crippen molar-refractivity contribution in [3.8, 4) is 0 Å². The molecule has 0 aliphatic heterocycles. The van der Waals surface area contributed by atoms with Gasteiger partial charge in [-0.3, -0.25) is 4.40 Å². The Kier molecular flexibility index (Phi) is 4.07. The number of sulfonamides is 1. The van der Waals surface area contributed by atoms with Crippen molar-refractivity contribution in [2.45, 2.75) is 11.8 Å². The van der Waals surface area contributed by atoms with E-state index in [9.17, 15) is 18.3 Å². The Bertz CT molecular complexity index is 1100. The van der Waals surface area contributed by atoms with E-state index in [1.54, 1.807) is 18.3 Å². The van der Waals surface area contributed by atoms with Gasteiger partial charge in [0.1, 0.15) is 5.65 Å². The minimum Gasteiger partial charge on any atom is -0.476 e. The molecule has 25 heavy (non-hydrogen) atoms. The summed E-state index contributed by atoms with van der Waals surface area (Å²) in [6, 6.07) is 8.93. The molecule has 3 rings (SSSR count). The number of aromatic nitrogens is 2. The van der Waals surface area contributed by atoms with Gasteiger partial charge in [-0.15, -0.1) is 10.2 Å². The third-order valence-electron chi connectivity index (χ3n) is 3.38. The van der Waals surface area contributed by atoms with Gasteiger partial charge in [-0.2, -0.15) is 0 Å². The number of aryl methyl sites for hydroxylation is 1. The van der Waals surface area contributed by atoms with Gasteiger partial charge >= 0.3 is 5.97 Å². The van der Waals surface area contributed by atoms with Crippen molar-refractivity contribution in [2.24, 2.45) is 15.4 Å². The maximum atomic E-state index is 11.4. The van der Waals surface area contributed by atoms with Gasteiger partial charge in [0.2, 0.25) is 10.0 Å². The minimum absolute atomic E-state index is 0.0528. The van der Waals surface area contributed by atoms with E-state index in [1.165, 1.54) is 28.7 Å². The molecule has 0 radical (unpaired) electrons. The van der Waals surface area contributed by atoms with E-state index in [2.05, 4.69) is 15.2 Å². The first-order chi connectivity index (χ1) is 11.8. The predicted octanol–water partition coefficient (Wildman–Crippen LogP) is 2.40. The van der Waals surface area contributed by atoms with Crippen molar-refractivity contribution < 1.29 is 18.3 Å². The second kappa shape index (κ2) is 6.07. The highest BCUT2D eigenvalue weighted by Crippen LogP contribution is 2.25. The van der Waals surface area contributed by atoms with Crippen LogP contribution in [-0.4, -0.2) is 28.9 Å². The number of fused-ring (bicyclic) bond motifs is 1. The number of primary sulfonamides is 1. The maximum Gasteiger partial charge on any atom is 0.358 e. The van der Waals surface area contributed by atoms with Crippen LogP contribution in [0.2, 0.25) is 0 Å². The largest absolute Gasteiger partial charge is 0.476 e. The topological polar surface area (TPSA) is 139 Å². The molecule has 0 aliphatic carbocycles. The van der Waals surface area contributed by atoms with Gasteiger partial charge in [-0.25, -0.2) is 23.3 Å². The van der Waals surface area contributed by atoms with E-state index in [1.807, 2.05) is 6.92 Å². The van der Waals surface area contributed by atoms with E-state index < -0.39 is 16.0 Å². The Morgan fingerprint density at radius 2 is 1.88 bits per heavy atom. The van der Waals surface area contributed by atoms with E-state index in [-0.39, 0.29) is 16.4 Å². The molecule has 2 aromatic heterocycles. The zero-order chi connectivity index (χ0) is 18.2. The summed E-state index contributed by atoms with van der Waals surface area (Å²) in [5, 5.41) is 22.3. The number of rotatable bonds is 4. The average molecular weight is 359 g/mol. The van der Waals surface area contributed by atoms with Crippen LogP contribution in [0.15, 0.2) is 57.7 Å². The molecule has 10 heteroatoms. The van der Waals surface area contributed by atoms with Crippen molar-refractivity contribution >= 4 is 33.1 Å². The molecule has 0 unspecified atom stereocenters. The van der Waals surface area contributed by atoms with E-state index in [4.69, 9.17) is 5.14 Å². The number of carbonyl (C=O) groups is 1. The Hall–Kier alpha value is -3.11. The SMILES string of the molecule is Cc1ccn2c(N=Nc3ccc(S(N)(=O)=O)cc3)c(C(=O)O)nc2c1. The van der Waals surface area contributed by atoms with Crippen molar-refractivity contribution in [3.05, 3.63) is 53.9 Å². The summed E-state index contributed by atoms with van der Waals surface area (Å²) in [4.78, 5) is 15.4. The fourth-order valence-electron chi connectivity index (χ4n) is 2.18. The van der Waals surface area contributed by atoms with Crippen molar-refractivity contribution in [3.63, 3.8) is 0 Å². The highest BCUT2D eigenvalue weighted by Gasteiger charge is 2.18. The van der Waals surface area contributed by atoms with E-state index >= 15 is 0 Å². The first-order valence-corrected chi connectivity index (χ1v) is 8.57. The number of azo groups is 1. The molecular formula is C15H13N5O4S. The summed E-state index contributed by atoms with van der Waals surface area (Å²) < 4.78 is 24.0. The Morgan fingerprint density at radius 1 is 1.20 bits per heavy atom. The van der Waals surface area contributed by atoms with Gasteiger partial charge in [0.05, 0.1) is 10.6 Å². The van der Waals surface area contributed by atoms with Crippen LogP contribution in [0.4, 0.5) is 11.5 Å². The molecule has 9 nitrogen and oxygen atoms in total. The lowest BCUT2D eigenvalue weighted by Gasteiger charge is -1.99. The van der Waals surface area contributed by atoms with E-state index in [0.29, 0.717) is 11.3 Å². The van der Waals surface area contributed by atoms with Gasteiger partial charge in [-0.1, -0.05) is 0 Å². The summed E-state index contributed by atoms with van der Waals surface area (Å²) in [6.45, 7) is 1.86. The summed E-state index contributed by atoms with van der Waals surface area (Å²) in [7, 11) is -3.79. The summed E-state index contributed by atoms with van der Waals surface area (Å²) >= 11 is 0. The second-order valence-electron chi connectivity index (χ2n) is 5.26. The zero-order valence-electron chi connectivity index (χ0n) is 13.0. The number of benzene rings is 1. The van der Waals surface area contributed by atoms with Crippen molar-refractivity contribution in [1.29, 1.82) is 0 Å². The van der Waals surface area contributed by atoms with Crippen LogP contribution >= 0.6 is 0 Å². The highest BCUT2D eigenvalue weighted by molar-refractivity contribution is 7.89. The molecule has 0 aliphatic rings. The number of hydrogen-bond acceptors (Lipinski definition) is 6. The van der Waals surface area contributed by atoms with Crippen LogP contribution in [0.5, 0.6) is 0 Å². The molecule has 2 heterocycles. The number of carboxylic acid groups (broad SMARTS) is 1. The number of aromatic carboxylic acids is 1. The van der Waals surface area contributed by atoms with Crippen molar-refractivity contribution in [2.75, 3.05) is 0 Å². The van der Waals surface area contributed by atoms with Gasteiger partial charge in [0.25, 0.3) is 0 Å². The van der Waals surface area contributed by atoms with Crippen LogP contribution in [0.3, 0.4) is 0 Å². The summed E-state index contributed by atoms with van der Waals surface area (Å²) in [5.74, 6) is -1.15. The Morgan fingerprint density at radius 3 is 2.48 bits per heavy atom. The third kappa shape index (κ3) is 3.39. The number of nitrogens with two attached hydrogens (primary N) is 1. The normalized spacial score (nSPS) is 12.1. The molecule has 1 aromatic carbocycles. The Balaban J connectivity index is 2.03. The lowest BCUT2D eigenvalue weighted by molar-refractivity contribution is 0.0692. The molecule has 0 spiro atoms. The number of carboxylic acids is 1. The lowest BCUT2D eigenvalue weighted by atomic mass is 10.3. The molecule has 0 atom stereocenters. The molecule has 0 amide bonds. The quantitative estimate of drug-likeness (QED) is 0.688. The number of hydrogen-bond donors (Lipinski definition) is 2. The van der Waals surface area contributed by atoms with Gasteiger partial charge in [-0.05, 0) is 48.9 Å². The standard InChI is InChI=1S/C15H13N5O4S/c1-9-6-7-20-12(8-9)17-13(15(21)22)14(20)19-18-10-2-4-11(5-3-10)25(16,23)24/h2-8H,1H3,(H,21,22)(H2,16,23,24). The maximum absolute atomic E-state index is 11.4. The van der Waals surface area contributed by atoms with Crippen LogP contribution in [0.25, 0.3) is 5.65 Å². The van der Waals surface area contributed by atoms with Crippen LogP contribution < -0.4 is 5.14 Å². The first-order valence-electron chi connectivity index (χ1n) is 7.02. The smallest absolute Gasteiger partial charge is 0.358 e. The monoisotopic (exact) mass is 359 g/mol. The zero-order valence-corrected chi connectivity index (χ0v) is 13.8. The number of imidazole rings is 1. The molecule has 3 aromatic rings. The molecule has 0 saturated heterocycles. The third-order valence-corrected chi connectivity index (χ3v) is 4.31. The summed E-state index contributed by atoms with van der Waals surface area (Å²) in [6.07, 6.45) is 1.66. The summed E-state index contributed by atoms with van der Waals surface area (Å²) in [5.41, 5.74) is 1.48. The van der Waals surface area contributed by atoms with Crippen molar-refractivity contribution in [1.82, 2.24) is 9.38 Å². The fourth-order valence-corrected chi connectivity index (χ4v) is 2.70. The fraction of sp³-hybridized carbons (Fsp3) is 0.0667. The minimum atomic E-state index is -3.79. The second-order valence-corrected chi connectivity index (χ2v) is 6.82. The van der Waals surface area contributed by atoms with Crippen LogP contribution in [-0.2, 0) is 10.0 Å². The molecular weight excluding hydrogens is 346 g/mol. The molecule has 128 valence electrons. The lowest BCUT2D eigenvalue weighted by Crippen LogP contribution is -2.11. The first kappa shape index (κ1) is 16.7. The van der Waals surface area contributed by atoms with E-state index in [0.717, 1.165) is 5.56 Å². The van der Waals surface area contributed by atoms with Gasteiger partial charge < -0.3 is 5.11 Å². The Labute approximate surface area is 142 Å². The molecule has 0 saturated carbocycles. The van der Waals surface area contributed by atoms with Gasteiger partial charge in [0.15, 0.2) is 11.5 Å². The molecule has 0 bridgehead atoms. The number of pyridine rings is 1. The molecule has 0 fully saturated rings. The molecule has 3 N–H and O–H groups in total.